The Balaban J connectivity index is 2.14. The normalized spacial score (nSPS) is 10.2. The lowest BCUT2D eigenvalue weighted by Crippen LogP contribution is -2.28. The fourth-order valence-electron chi connectivity index (χ4n) is 2.15. The van der Waals surface area contributed by atoms with Crippen molar-refractivity contribution in [3.05, 3.63) is 68.1 Å². The molecule has 0 radical (unpaired) electrons. The number of hydrogen-bond acceptors (Lipinski definition) is 6. The molecule has 0 saturated heterocycles. The van der Waals surface area contributed by atoms with Crippen LogP contribution in [0.15, 0.2) is 41.3 Å². The van der Waals surface area contributed by atoms with Crippen molar-refractivity contribution in [2.75, 3.05) is 12.4 Å². The SMILES string of the molecule is COC(=O)c1ccc(NC(=O)Cn2cc([N+](=O)[O-])cc(C)c2=O)cc1. The molecule has 1 heterocycles. The summed E-state index contributed by atoms with van der Waals surface area (Å²) in [5, 5.41) is 13.4. The van der Waals surface area contributed by atoms with Crippen molar-refractivity contribution in [3.8, 4) is 0 Å². The molecule has 2 aromatic rings. The first-order valence-corrected chi connectivity index (χ1v) is 7.15. The third-order valence-corrected chi connectivity index (χ3v) is 3.37. The maximum atomic E-state index is 12.1. The van der Waals surface area contributed by atoms with Gasteiger partial charge >= 0.3 is 5.97 Å². The minimum Gasteiger partial charge on any atom is -0.465 e. The quantitative estimate of drug-likeness (QED) is 0.498. The fraction of sp³-hybridized carbons (Fsp3) is 0.188. The van der Waals surface area contributed by atoms with Gasteiger partial charge in [-0.3, -0.25) is 24.3 Å². The molecule has 1 aromatic carbocycles. The highest BCUT2D eigenvalue weighted by Crippen LogP contribution is 2.12. The molecule has 2 rings (SSSR count). The van der Waals surface area contributed by atoms with Gasteiger partial charge in [-0.05, 0) is 31.2 Å². The van der Waals surface area contributed by atoms with Crippen LogP contribution in [0, 0.1) is 17.0 Å². The van der Waals surface area contributed by atoms with Crippen molar-refractivity contribution in [1.29, 1.82) is 0 Å². The van der Waals surface area contributed by atoms with E-state index in [2.05, 4.69) is 10.1 Å². The number of carbonyl (C=O) groups is 2. The molecule has 0 aliphatic rings. The summed E-state index contributed by atoms with van der Waals surface area (Å²) in [7, 11) is 1.26. The van der Waals surface area contributed by atoms with Gasteiger partial charge in [0, 0.05) is 17.3 Å². The molecule has 0 spiro atoms. The van der Waals surface area contributed by atoms with Gasteiger partial charge < -0.3 is 10.1 Å². The van der Waals surface area contributed by atoms with Crippen LogP contribution in [0.2, 0.25) is 0 Å². The molecule has 9 heteroatoms. The number of aromatic nitrogens is 1. The number of aryl methyl sites for hydroxylation is 1. The molecular formula is C16H15N3O6. The first-order chi connectivity index (χ1) is 11.8. The van der Waals surface area contributed by atoms with E-state index in [9.17, 15) is 24.5 Å². The zero-order valence-corrected chi connectivity index (χ0v) is 13.5. The Morgan fingerprint density at radius 3 is 2.48 bits per heavy atom. The number of carbonyl (C=O) groups excluding carboxylic acids is 2. The number of benzene rings is 1. The van der Waals surface area contributed by atoms with Crippen molar-refractivity contribution in [2.45, 2.75) is 13.5 Å². The van der Waals surface area contributed by atoms with E-state index in [0.717, 1.165) is 16.8 Å². The Bertz CT molecular complexity index is 886. The van der Waals surface area contributed by atoms with Gasteiger partial charge in [-0.2, -0.15) is 0 Å². The summed E-state index contributed by atoms with van der Waals surface area (Å²) >= 11 is 0. The summed E-state index contributed by atoms with van der Waals surface area (Å²) in [6, 6.07) is 7.12. The van der Waals surface area contributed by atoms with E-state index in [4.69, 9.17) is 0 Å². The molecular weight excluding hydrogens is 330 g/mol. The lowest BCUT2D eigenvalue weighted by Gasteiger charge is -2.08. The molecule has 1 N–H and O–H groups in total. The van der Waals surface area contributed by atoms with E-state index in [1.165, 1.54) is 38.3 Å². The van der Waals surface area contributed by atoms with Crippen molar-refractivity contribution >= 4 is 23.3 Å². The summed E-state index contributed by atoms with van der Waals surface area (Å²) in [6.45, 7) is 1.06. The van der Waals surface area contributed by atoms with E-state index in [1.54, 1.807) is 0 Å². The zero-order chi connectivity index (χ0) is 18.6. The van der Waals surface area contributed by atoms with Crippen LogP contribution in [0.25, 0.3) is 0 Å². The first kappa shape index (κ1) is 17.9. The second-order valence-electron chi connectivity index (χ2n) is 5.19. The van der Waals surface area contributed by atoms with Gasteiger partial charge in [-0.15, -0.1) is 0 Å². The van der Waals surface area contributed by atoms with E-state index in [-0.39, 0.29) is 17.8 Å². The molecule has 0 unspecified atom stereocenters. The first-order valence-electron chi connectivity index (χ1n) is 7.15. The number of nitro groups is 1. The van der Waals surface area contributed by atoms with Crippen LogP contribution in [0.5, 0.6) is 0 Å². The van der Waals surface area contributed by atoms with Crippen molar-refractivity contribution < 1.29 is 19.2 Å². The van der Waals surface area contributed by atoms with Gasteiger partial charge in [0.2, 0.25) is 5.91 Å². The molecule has 0 bridgehead atoms. The van der Waals surface area contributed by atoms with Gasteiger partial charge in [-0.25, -0.2) is 4.79 Å². The van der Waals surface area contributed by atoms with E-state index in [0.29, 0.717) is 11.3 Å². The molecule has 25 heavy (non-hydrogen) atoms. The smallest absolute Gasteiger partial charge is 0.337 e. The highest BCUT2D eigenvalue weighted by atomic mass is 16.6. The number of nitrogens with one attached hydrogen (secondary N) is 1. The maximum Gasteiger partial charge on any atom is 0.337 e. The number of esters is 1. The van der Waals surface area contributed by atoms with E-state index in [1.807, 2.05) is 0 Å². The molecule has 0 saturated carbocycles. The largest absolute Gasteiger partial charge is 0.465 e. The number of hydrogen-bond donors (Lipinski definition) is 1. The predicted molar refractivity (Wildman–Crippen MR) is 88.5 cm³/mol. The van der Waals surface area contributed by atoms with Crippen molar-refractivity contribution in [2.24, 2.45) is 0 Å². The van der Waals surface area contributed by atoms with Gasteiger partial charge in [0.05, 0.1) is 23.8 Å². The summed E-state index contributed by atoms with van der Waals surface area (Å²) in [6.07, 6.45) is 1.02. The summed E-state index contributed by atoms with van der Waals surface area (Å²) < 4.78 is 5.55. The molecule has 0 aliphatic carbocycles. The summed E-state index contributed by atoms with van der Waals surface area (Å²) in [4.78, 5) is 45.6. The summed E-state index contributed by atoms with van der Waals surface area (Å²) in [5.41, 5.74) is 0.150. The Labute approximate surface area is 142 Å². The van der Waals surface area contributed by atoms with Gasteiger partial charge in [0.25, 0.3) is 11.2 Å². The maximum absolute atomic E-state index is 12.1. The van der Waals surface area contributed by atoms with Gasteiger partial charge in [0.15, 0.2) is 0 Å². The lowest BCUT2D eigenvalue weighted by atomic mass is 10.2. The second-order valence-corrected chi connectivity index (χ2v) is 5.19. The van der Waals surface area contributed by atoms with Crippen LogP contribution in [-0.4, -0.2) is 28.5 Å². The van der Waals surface area contributed by atoms with Crippen LogP contribution >= 0.6 is 0 Å². The third kappa shape index (κ3) is 4.28. The predicted octanol–water partition coefficient (Wildman–Crippen LogP) is 1.49. The Hall–Kier alpha value is -3.49. The molecule has 1 aromatic heterocycles. The number of rotatable bonds is 5. The lowest BCUT2D eigenvalue weighted by molar-refractivity contribution is -0.385. The zero-order valence-electron chi connectivity index (χ0n) is 13.5. The minimum atomic E-state index is -0.633. The number of methoxy groups -OCH3 is 1. The second kappa shape index (κ2) is 7.39. The molecule has 130 valence electrons. The highest BCUT2D eigenvalue weighted by Gasteiger charge is 2.14. The number of nitrogens with zero attached hydrogens (tertiary/aromatic N) is 2. The number of ether oxygens (including phenoxy) is 1. The van der Waals surface area contributed by atoms with Crippen LogP contribution < -0.4 is 10.9 Å². The van der Waals surface area contributed by atoms with Crippen LogP contribution in [0.3, 0.4) is 0 Å². The van der Waals surface area contributed by atoms with E-state index >= 15 is 0 Å². The summed E-state index contributed by atoms with van der Waals surface area (Å²) in [5.74, 6) is -1.04. The van der Waals surface area contributed by atoms with Crippen molar-refractivity contribution in [1.82, 2.24) is 4.57 Å². The fourth-order valence-corrected chi connectivity index (χ4v) is 2.15. The molecule has 0 aliphatic heterocycles. The van der Waals surface area contributed by atoms with Crippen LogP contribution in [-0.2, 0) is 16.1 Å². The molecule has 1 amide bonds. The Morgan fingerprint density at radius 1 is 1.28 bits per heavy atom. The van der Waals surface area contributed by atoms with E-state index < -0.39 is 22.4 Å². The topological polar surface area (TPSA) is 121 Å². The number of pyridine rings is 1. The molecule has 0 fully saturated rings. The van der Waals surface area contributed by atoms with Gasteiger partial charge in [-0.1, -0.05) is 0 Å². The average molecular weight is 345 g/mol. The third-order valence-electron chi connectivity index (χ3n) is 3.37. The van der Waals surface area contributed by atoms with Gasteiger partial charge in [0.1, 0.15) is 6.54 Å². The molecule has 0 atom stereocenters. The standard InChI is InChI=1S/C16H15N3O6/c1-10-7-13(19(23)24)8-18(15(10)21)9-14(20)17-12-5-3-11(4-6-12)16(22)25-2/h3-8H,9H2,1-2H3,(H,17,20). The highest BCUT2D eigenvalue weighted by molar-refractivity contribution is 5.92. The number of amides is 1. The van der Waals surface area contributed by atoms with Crippen LogP contribution in [0.4, 0.5) is 11.4 Å². The van der Waals surface area contributed by atoms with Crippen LogP contribution in [0.1, 0.15) is 15.9 Å². The minimum absolute atomic E-state index is 0.171. The monoisotopic (exact) mass is 345 g/mol. The average Bonchev–Trinajstić information content (AvgIpc) is 2.58. The Kier molecular flexibility index (Phi) is 5.28. The molecule has 9 nitrogen and oxygen atoms in total. The van der Waals surface area contributed by atoms with Crippen molar-refractivity contribution in [3.63, 3.8) is 0 Å². The number of anilines is 1. The Morgan fingerprint density at radius 2 is 1.92 bits per heavy atom.